The standard InChI is InChI=1S/C16H35N3O2/c1-14(2)17-16(3,15(20)21-7)10-8-12-19(6)13-9-11-18(4)5/h14,17H,8-13H2,1-7H3. The molecule has 1 unspecified atom stereocenters. The molecule has 5 heteroatoms. The fourth-order valence-corrected chi connectivity index (χ4v) is 2.57. The summed E-state index contributed by atoms with van der Waals surface area (Å²) < 4.78 is 4.94. The number of hydrogen-bond donors (Lipinski definition) is 1. The average Bonchev–Trinajstić information content (AvgIpc) is 2.36. The summed E-state index contributed by atoms with van der Waals surface area (Å²) in [4.78, 5) is 16.5. The Morgan fingerprint density at radius 2 is 1.71 bits per heavy atom. The van der Waals surface area contributed by atoms with Crippen molar-refractivity contribution in [1.82, 2.24) is 15.1 Å². The van der Waals surface area contributed by atoms with Crippen LogP contribution in [-0.2, 0) is 9.53 Å². The lowest BCUT2D eigenvalue weighted by molar-refractivity contribution is -0.148. The van der Waals surface area contributed by atoms with Crippen molar-refractivity contribution in [2.45, 2.75) is 51.6 Å². The van der Waals surface area contributed by atoms with Crippen LogP contribution in [0.25, 0.3) is 0 Å². The summed E-state index contributed by atoms with van der Waals surface area (Å²) in [5, 5.41) is 3.34. The number of ether oxygens (including phenoxy) is 1. The van der Waals surface area contributed by atoms with E-state index >= 15 is 0 Å². The zero-order valence-electron chi connectivity index (χ0n) is 15.0. The van der Waals surface area contributed by atoms with Crippen molar-refractivity contribution in [2.24, 2.45) is 0 Å². The molecular weight excluding hydrogens is 266 g/mol. The van der Waals surface area contributed by atoms with Gasteiger partial charge in [-0.25, -0.2) is 0 Å². The van der Waals surface area contributed by atoms with Gasteiger partial charge in [-0.3, -0.25) is 10.1 Å². The van der Waals surface area contributed by atoms with E-state index in [4.69, 9.17) is 4.74 Å². The van der Waals surface area contributed by atoms with Gasteiger partial charge >= 0.3 is 5.97 Å². The minimum atomic E-state index is -0.590. The van der Waals surface area contributed by atoms with Gasteiger partial charge in [-0.15, -0.1) is 0 Å². The number of esters is 1. The molecule has 0 aliphatic rings. The van der Waals surface area contributed by atoms with E-state index in [0.717, 1.165) is 32.5 Å². The van der Waals surface area contributed by atoms with E-state index in [1.807, 2.05) is 6.92 Å². The van der Waals surface area contributed by atoms with E-state index in [9.17, 15) is 4.79 Å². The predicted molar refractivity (Wildman–Crippen MR) is 88.6 cm³/mol. The van der Waals surface area contributed by atoms with Crippen LogP contribution in [0.1, 0.15) is 40.0 Å². The molecule has 0 spiro atoms. The summed E-state index contributed by atoms with van der Waals surface area (Å²) in [6, 6.07) is 0.256. The smallest absolute Gasteiger partial charge is 0.325 e. The molecule has 0 radical (unpaired) electrons. The van der Waals surface area contributed by atoms with Crippen LogP contribution in [0.4, 0.5) is 0 Å². The van der Waals surface area contributed by atoms with E-state index in [0.29, 0.717) is 0 Å². The average molecular weight is 301 g/mol. The Labute approximate surface area is 131 Å². The van der Waals surface area contributed by atoms with Gasteiger partial charge in [-0.05, 0) is 80.8 Å². The summed E-state index contributed by atoms with van der Waals surface area (Å²) >= 11 is 0. The number of hydrogen-bond acceptors (Lipinski definition) is 5. The summed E-state index contributed by atoms with van der Waals surface area (Å²) in [5.74, 6) is -0.175. The van der Waals surface area contributed by atoms with Crippen molar-refractivity contribution >= 4 is 5.97 Å². The first-order chi connectivity index (χ1) is 9.71. The van der Waals surface area contributed by atoms with Gasteiger partial charge in [0.05, 0.1) is 7.11 Å². The number of carbonyl (C=O) groups is 1. The largest absolute Gasteiger partial charge is 0.468 e. The lowest BCUT2D eigenvalue weighted by Gasteiger charge is -2.31. The maximum absolute atomic E-state index is 12.0. The normalized spacial score (nSPS) is 14.8. The van der Waals surface area contributed by atoms with Gasteiger partial charge in [0.2, 0.25) is 0 Å². The molecule has 1 N–H and O–H groups in total. The molecule has 0 saturated carbocycles. The van der Waals surface area contributed by atoms with Crippen molar-refractivity contribution in [2.75, 3.05) is 47.9 Å². The molecule has 0 aromatic carbocycles. The summed E-state index contributed by atoms with van der Waals surface area (Å²) in [7, 11) is 7.79. The minimum absolute atomic E-state index is 0.175. The Bertz CT molecular complexity index is 295. The molecule has 0 rings (SSSR count). The monoisotopic (exact) mass is 301 g/mol. The first-order valence-corrected chi connectivity index (χ1v) is 7.90. The Balaban J connectivity index is 4.16. The van der Waals surface area contributed by atoms with Crippen LogP contribution in [0.3, 0.4) is 0 Å². The van der Waals surface area contributed by atoms with Crippen molar-refractivity contribution in [3.63, 3.8) is 0 Å². The van der Waals surface area contributed by atoms with Crippen LogP contribution < -0.4 is 5.32 Å². The lowest BCUT2D eigenvalue weighted by Crippen LogP contribution is -2.53. The highest BCUT2D eigenvalue weighted by atomic mass is 16.5. The summed E-state index contributed by atoms with van der Waals surface area (Å²) in [6.45, 7) is 9.23. The van der Waals surface area contributed by atoms with Crippen molar-refractivity contribution in [3.05, 3.63) is 0 Å². The molecule has 0 heterocycles. The second kappa shape index (κ2) is 10.1. The molecule has 0 fully saturated rings. The van der Waals surface area contributed by atoms with Gasteiger partial charge in [0.15, 0.2) is 0 Å². The van der Waals surface area contributed by atoms with Gasteiger partial charge in [0, 0.05) is 6.04 Å². The van der Waals surface area contributed by atoms with Crippen LogP contribution in [-0.4, -0.2) is 75.2 Å². The third-order valence-corrected chi connectivity index (χ3v) is 3.60. The number of carbonyl (C=O) groups excluding carboxylic acids is 1. The van der Waals surface area contributed by atoms with E-state index in [1.165, 1.54) is 13.5 Å². The fourth-order valence-electron chi connectivity index (χ4n) is 2.57. The van der Waals surface area contributed by atoms with Crippen LogP contribution in [0.15, 0.2) is 0 Å². The second-order valence-corrected chi connectivity index (χ2v) is 6.69. The topological polar surface area (TPSA) is 44.8 Å². The third kappa shape index (κ3) is 9.06. The molecule has 0 aromatic heterocycles. The van der Waals surface area contributed by atoms with Gasteiger partial charge in [0.1, 0.15) is 5.54 Å². The van der Waals surface area contributed by atoms with Gasteiger partial charge in [-0.1, -0.05) is 0 Å². The predicted octanol–water partition coefficient (Wildman–Crippen LogP) is 1.58. The van der Waals surface area contributed by atoms with E-state index in [-0.39, 0.29) is 12.0 Å². The molecule has 126 valence electrons. The molecular formula is C16H35N3O2. The van der Waals surface area contributed by atoms with E-state index in [2.05, 4.69) is 50.1 Å². The first-order valence-electron chi connectivity index (χ1n) is 7.90. The fraction of sp³-hybridized carbons (Fsp3) is 0.938. The Morgan fingerprint density at radius 3 is 2.19 bits per heavy atom. The quantitative estimate of drug-likeness (QED) is 0.587. The highest BCUT2D eigenvalue weighted by Crippen LogP contribution is 2.16. The summed E-state index contributed by atoms with van der Waals surface area (Å²) in [5.41, 5.74) is -0.590. The van der Waals surface area contributed by atoms with Gasteiger partial charge in [-0.2, -0.15) is 0 Å². The molecule has 0 aliphatic carbocycles. The Kier molecular flexibility index (Phi) is 9.83. The van der Waals surface area contributed by atoms with Gasteiger partial charge in [0.25, 0.3) is 0 Å². The van der Waals surface area contributed by atoms with Crippen molar-refractivity contribution in [3.8, 4) is 0 Å². The molecule has 0 saturated heterocycles. The Morgan fingerprint density at radius 1 is 1.14 bits per heavy atom. The minimum Gasteiger partial charge on any atom is -0.468 e. The Hall–Kier alpha value is -0.650. The molecule has 0 aliphatic heterocycles. The van der Waals surface area contributed by atoms with Crippen molar-refractivity contribution in [1.29, 1.82) is 0 Å². The van der Waals surface area contributed by atoms with Crippen LogP contribution >= 0.6 is 0 Å². The van der Waals surface area contributed by atoms with Crippen LogP contribution in [0.5, 0.6) is 0 Å². The number of methoxy groups -OCH3 is 1. The van der Waals surface area contributed by atoms with Crippen LogP contribution in [0.2, 0.25) is 0 Å². The zero-order valence-corrected chi connectivity index (χ0v) is 15.0. The molecule has 0 amide bonds. The molecule has 0 aromatic rings. The third-order valence-electron chi connectivity index (χ3n) is 3.60. The van der Waals surface area contributed by atoms with Crippen molar-refractivity contribution < 1.29 is 9.53 Å². The first kappa shape index (κ1) is 20.3. The highest BCUT2D eigenvalue weighted by Gasteiger charge is 2.34. The molecule has 21 heavy (non-hydrogen) atoms. The number of rotatable bonds is 11. The van der Waals surface area contributed by atoms with E-state index < -0.39 is 5.54 Å². The maximum Gasteiger partial charge on any atom is 0.325 e. The van der Waals surface area contributed by atoms with Crippen LogP contribution in [0, 0.1) is 0 Å². The maximum atomic E-state index is 12.0. The highest BCUT2D eigenvalue weighted by molar-refractivity contribution is 5.80. The molecule has 0 bridgehead atoms. The van der Waals surface area contributed by atoms with Gasteiger partial charge < -0.3 is 14.5 Å². The SMILES string of the molecule is COC(=O)C(C)(CCCN(C)CCCN(C)C)NC(C)C. The summed E-state index contributed by atoms with van der Waals surface area (Å²) in [6.07, 6.45) is 2.93. The number of nitrogens with one attached hydrogen (secondary N) is 1. The number of nitrogens with zero attached hydrogens (tertiary/aromatic N) is 2. The second-order valence-electron chi connectivity index (χ2n) is 6.69. The van der Waals surface area contributed by atoms with E-state index in [1.54, 1.807) is 0 Å². The zero-order chi connectivity index (χ0) is 16.5. The molecule has 1 atom stereocenters. The lowest BCUT2D eigenvalue weighted by atomic mass is 9.94. The molecule has 5 nitrogen and oxygen atoms in total.